The number of fused-ring (bicyclic) bond motifs is 3. The largest absolute Gasteiger partial charge is 0.481 e. The van der Waals surface area contributed by atoms with Crippen molar-refractivity contribution in [2.24, 2.45) is 0 Å². The molecule has 1 aliphatic heterocycles. The first kappa shape index (κ1) is 21.0. The van der Waals surface area contributed by atoms with Crippen molar-refractivity contribution in [3.8, 4) is 0 Å². The quantitative estimate of drug-likeness (QED) is 0.432. The molecule has 1 unspecified atom stereocenters. The molecule has 0 amide bonds. The second kappa shape index (κ2) is 8.48. The number of hydrogen-bond donors (Lipinski definition) is 1. The molecule has 6 heteroatoms. The summed E-state index contributed by atoms with van der Waals surface area (Å²) in [5.41, 5.74) is 3.82. The molecule has 1 aromatic heterocycles. The summed E-state index contributed by atoms with van der Waals surface area (Å²) >= 11 is 7.66. The first-order chi connectivity index (χ1) is 14.4. The van der Waals surface area contributed by atoms with Gasteiger partial charge in [0.05, 0.1) is 11.9 Å². The lowest BCUT2D eigenvalue weighted by Gasteiger charge is -2.13. The van der Waals surface area contributed by atoms with Crippen LogP contribution >= 0.6 is 23.4 Å². The molecule has 4 rings (SSSR count). The van der Waals surface area contributed by atoms with Crippen molar-refractivity contribution in [2.75, 3.05) is 0 Å². The van der Waals surface area contributed by atoms with Crippen molar-refractivity contribution in [3.05, 3.63) is 64.6 Å². The predicted molar refractivity (Wildman–Crippen MR) is 121 cm³/mol. The van der Waals surface area contributed by atoms with Gasteiger partial charge < -0.3 is 9.67 Å². The summed E-state index contributed by atoms with van der Waals surface area (Å²) in [6, 6.07) is 10.8. The topological polar surface area (TPSA) is 42.2 Å². The fourth-order valence-electron chi connectivity index (χ4n) is 4.43. The number of carboxylic acid groups (broad SMARTS) is 1. The molecule has 0 bridgehead atoms. The summed E-state index contributed by atoms with van der Waals surface area (Å²) in [7, 11) is 0. The van der Waals surface area contributed by atoms with Gasteiger partial charge in [-0.2, -0.15) is 0 Å². The van der Waals surface area contributed by atoms with Gasteiger partial charge in [0.15, 0.2) is 0 Å². The molecule has 0 spiro atoms. The molecule has 1 atom stereocenters. The zero-order valence-corrected chi connectivity index (χ0v) is 18.5. The van der Waals surface area contributed by atoms with Crippen LogP contribution in [0.1, 0.15) is 50.3 Å². The van der Waals surface area contributed by atoms with Gasteiger partial charge in [-0.3, -0.25) is 4.79 Å². The van der Waals surface area contributed by atoms with Crippen LogP contribution in [-0.4, -0.2) is 15.6 Å². The highest BCUT2D eigenvalue weighted by molar-refractivity contribution is 7.99. The van der Waals surface area contributed by atoms with Crippen molar-refractivity contribution < 1.29 is 14.3 Å². The molecule has 2 heterocycles. The molecule has 3 aromatic rings. The minimum atomic E-state index is -0.810. The third-order valence-electron chi connectivity index (χ3n) is 5.74. The standard InChI is InChI=1S/C24H23ClFNO2S/c1-3-14(4-2)19-12-17(26)13-20-22(19)24(30-18-7-5-16(25)6-8-18)23-15(11-21(28)29)9-10-27(20)23/h3,5-8,12-13,15H,4,9-11H2,1-2H3,(H,28,29). The van der Waals surface area contributed by atoms with E-state index in [1.54, 1.807) is 23.9 Å². The van der Waals surface area contributed by atoms with Gasteiger partial charge in [-0.15, -0.1) is 0 Å². The average Bonchev–Trinajstić information content (AvgIpc) is 3.24. The summed E-state index contributed by atoms with van der Waals surface area (Å²) in [6.07, 6.45) is 3.65. The number of benzene rings is 2. The Labute approximate surface area is 184 Å². The number of nitrogens with zero attached hydrogens (tertiary/aromatic N) is 1. The van der Waals surface area contributed by atoms with Gasteiger partial charge in [-0.05, 0) is 67.3 Å². The van der Waals surface area contributed by atoms with Crippen LogP contribution in [0.5, 0.6) is 0 Å². The Morgan fingerprint density at radius 2 is 2.07 bits per heavy atom. The first-order valence-corrected chi connectivity index (χ1v) is 11.3. The van der Waals surface area contributed by atoms with Gasteiger partial charge in [0.2, 0.25) is 0 Å². The normalized spacial score (nSPS) is 16.3. The highest BCUT2D eigenvalue weighted by Gasteiger charge is 2.33. The van der Waals surface area contributed by atoms with Crippen LogP contribution in [0.15, 0.2) is 52.3 Å². The third kappa shape index (κ3) is 3.77. The Kier molecular flexibility index (Phi) is 5.94. The zero-order chi connectivity index (χ0) is 21.4. The molecule has 2 aromatic carbocycles. The molecule has 1 N–H and O–H groups in total. The maximum absolute atomic E-state index is 14.6. The van der Waals surface area contributed by atoms with E-state index in [-0.39, 0.29) is 18.2 Å². The van der Waals surface area contributed by atoms with E-state index in [2.05, 4.69) is 11.5 Å². The first-order valence-electron chi connectivity index (χ1n) is 10.1. The Balaban J connectivity index is 2.00. The minimum Gasteiger partial charge on any atom is -0.481 e. The van der Waals surface area contributed by atoms with E-state index in [0.717, 1.165) is 50.4 Å². The molecule has 1 aliphatic rings. The highest BCUT2D eigenvalue weighted by atomic mass is 35.5. The number of rotatable bonds is 6. The fraction of sp³-hybridized carbons (Fsp3) is 0.292. The molecule has 0 saturated heterocycles. The Morgan fingerprint density at radius 1 is 1.33 bits per heavy atom. The lowest BCUT2D eigenvalue weighted by Crippen LogP contribution is -2.04. The van der Waals surface area contributed by atoms with Crippen molar-refractivity contribution in [3.63, 3.8) is 0 Å². The predicted octanol–water partition coefficient (Wildman–Crippen LogP) is 7.36. The van der Waals surface area contributed by atoms with Gasteiger partial charge in [-0.1, -0.05) is 36.4 Å². The third-order valence-corrected chi connectivity index (χ3v) is 7.12. The number of halogens is 2. The molecular weight excluding hydrogens is 421 g/mol. The zero-order valence-electron chi connectivity index (χ0n) is 16.9. The van der Waals surface area contributed by atoms with E-state index in [1.165, 1.54) is 0 Å². The molecular formula is C24H23ClFNO2S. The summed E-state index contributed by atoms with van der Waals surface area (Å²) in [5.74, 6) is -1.16. The van der Waals surface area contributed by atoms with Gasteiger partial charge in [0.25, 0.3) is 0 Å². The molecule has 156 valence electrons. The van der Waals surface area contributed by atoms with Gasteiger partial charge in [-0.25, -0.2) is 4.39 Å². The van der Waals surface area contributed by atoms with Crippen LogP contribution in [0.25, 0.3) is 16.5 Å². The maximum Gasteiger partial charge on any atom is 0.304 e. The van der Waals surface area contributed by atoms with Crippen LogP contribution in [0.2, 0.25) is 5.02 Å². The van der Waals surface area contributed by atoms with Crippen LogP contribution in [0.4, 0.5) is 4.39 Å². The van der Waals surface area contributed by atoms with Crippen LogP contribution in [0.3, 0.4) is 0 Å². The lowest BCUT2D eigenvalue weighted by atomic mass is 9.96. The van der Waals surface area contributed by atoms with E-state index < -0.39 is 5.97 Å². The summed E-state index contributed by atoms with van der Waals surface area (Å²) < 4.78 is 16.8. The number of allylic oxidation sites excluding steroid dienone is 2. The number of aliphatic carboxylic acids is 1. The average molecular weight is 444 g/mol. The number of carbonyl (C=O) groups is 1. The molecule has 0 aliphatic carbocycles. The molecule has 3 nitrogen and oxygen atoms in total. The Bertz CT molecular complexity index is 1150. The highest BCUT2D eigenvalue weighted by Crippen LogP contribution is 2.49. The van der Waals surface area contributed by atoms with Crippen molar-refractivity contribution in [2.45, 2.75) is 55.4 Å². The second-order valence-corrected chi connectivity index (χ2v) is 9.04. The summed E-state index contributed by atoms with van der Waals surface area (Å²) in [5, 5.41) is 11.1. The molecule has 0 radical (unpaired) electrons. The van der Waals surface area contributed by atoms with Crippen LogP contribution in [-0.2, 0) is 11.3 Å². The van der Waals surface area contributed by atoms with E-state index in [1.807, 2.05) is 37.3 Å². The van der Waals surface area contributed by atoms with Gasteiger partial charge in [0.1, 0.15) is 5.82 Å². The Morgan fingerprint density at radius 3 is 2.70 bits per heavy atom. The van der Waals surface area contributed by atoms with E-state index in [0.29, 0.717) is 11.6 Å². The van der Waals surface area contributed by atoms with Crippen LogP contribution < -0.4 is 0 Å². The van der Waals surface area contributed by atoms with Crippen molar-refractivity contribution >= 4 is 45.8 Å². The van der Waals surface area contributed by atoms with E-state index >= 15 is 0 Å². The van der Waals surface area contributed by atoms with Gasteiger partial charge in [0, 0.05) is 38.4 Å². The number of hydrogen-bond acceptors (Lipinski definition) is 2. The fourth-order valence-corrected chi connectivity index (χ4v) is 5.76. The second-order valence-electron chi connectivity index (χ2n) is 7.52. The smallest absolute Gasteiger partial charge is 0.304 e. The summed E-state index contributed by atoms with van der Waals surface area (Å²) in [4.78, 5) is 13.6. The van der Waals surface area contributed by atoms with Crippen molar-refractivity contribution in [1.82, 2.24) is 4.57 Å². The number of carboxylic acids is 1. The van der Waals surface area contributed by atoms with Crippen molar-refractivity contribution in [1.29, 1.82) is 0 Å². The SMILES string of the molecule is CC=C(CC)c1cc(F)cc2c1c(Sc1ccc(Cl)cc1)c1n2CCC1CC(=O)O. The van der Waals surface area contributed by atoms with E-state index in [4.69, 9.17) is 11.6 Å². The molecule has 0 fully saturated rings. The number of aromatic nitrogens is 1. The maximum atomic E-state index is 14.6. The monoisotopic (exact) mass is 443 g/mol. The van der Waals surface area contributed by atoms with Gasteiger partial charge >= 0.3 is 5.97 Å². The molecule has 30 heavy (non-hydrogen) atoms. The number of aryl methyl sites for hydroxylation is 1. The van der Waals surface area contributed by atoms with Crippen LogP contribution in [0, 0.1) is 5.82 Å². The minimum absolute atomic E-state index is 0.0760. The van der Waals surface area contributed by atoms with E-state index in [9.17, 15) is 14.3 Å². The Hall–Kier alpha value is -2.24. The summed E-state index contributed by atoms with van der Waals surface area (Å²) in [6.45, 7) is 4.73. The molecule has 0 saturated carbocycles. The lowest BCUT2D eigenvalue weighted by molar-refractivity contribution is -0.137.